The van der Waals surface area contributed by atoms with Crippen LogP contribution in [0.5, 0.6) is 5.75 Å². The Kier molecular flexibility index (Phi) is 3.27. The summed E-state index contributed by atoms with van der Waals surface area (Å²) in [7, 11) is 0. The first-order valence-corrected chi connectivity index (χ1v) is 9.12. The van der Waals surface area contributed by atoms with Crippen LogP contribution in [0.3, 0.4) is 0 Å². The second kappa shape index (κ2) is 4.86. The number of hydrogen-bond donors (Lipinski definition) is 1. The van der Waals surface area contributed by atoms with Crippen molar-refractivity contribution in [2.75, 3.05) is 19.7 Å². The number of aromatic hydroxyl groups is 1. The summed E-state index contributed by atoms with van der Waals surface area (Å²) in [5.41, 5.74) is 3.14. The molecule has 1 aliphatic heterocycles. The molecule has 1 aromatic carbocycles. The van der Waals surface area contributed by atoms with Crippen LogP contribution >= 0.6 is 0 Å². The van der Waals surface area contributed by atoms with Crippen LogP contribution < -0.4 is 0 Å². The molecule has 1 heterocycles. The molecule has 4 unspecified atom stereocenters. The van der Waals surface area contributed by atoms with Crippen molar-refractivity contribution in [1.29, 1.82) is 0 Å². The van der Waals surface area contributed by atoms with Crippen molar-refractivity contribution in [3.05, 3.63) is 41.5 Å². The van der Waals surface area contributed by atoms with Crippen LogP contribution in [0.15, 0.2) is 30.4 Å². The lowest BCUT2D eigenvalue weighted by Crippen LogP contribution is -2.95. The van der Waals surface area contributed by atoms with Gasteiger partial charge in [-0.3, -0.25) is 4.90 Å². The van der Waals surface area contributed by atoms with Gasteiger partial charge in [0.25, 0.3) is 0 Å². The van der Waals surface area contributed by atoms with Gasteiger partial charge in [0.15, 0.2) is 0 Å². The van der Waals surface area contributed by atoms with Crippen LogP contribution in [0.25, 0.3) is 0 Å². The molecule has 2 fully saturated rings. The molecule has 0 radical (unpaired) electrons. The largest absolute Gasteiger partial charge is 0.508 e. The Bertz CT molecular complexity index is 710. The zero-order valence-corrected chi connectivity index (χ0v) is 15.5. The average Bonchev–Trinajstić information content (AvgIpc) is 2.49. The Hall–Kier alpha value is -1.32. The maximum Gasteiger partial charge on any atom is 0.119 e. The first-order chi connectivity index (χ1) is 11.3. The van der Waals surface area contributed by atoms with Crippen molar-refractivity contribution in [3.8, 4) is 5.75 Å². The molecule has 130 valence electrons. The lowest BCUT2D eigenvalue weighted by molar-refractivity contribution is -0.277. The molecular formula is C21H29NO2. The molecule has 1 saturated heterocycles. The second-order valence-electron chi connectivity index (χ2n) is 8.56. The topological polar surface area (TPSA) is 32.7 Å². The Morgan fingerprint density at radius 3 is 2.83 bits per heavy atom. The predicted molar refractivity (Wildman–Crippen MR) is 96.5 cm³/mol. The van der Waals surface area contributed by atoms with Gasteiger partial charge in [-0.05, 0) is 30.9 Å². The Morgan fingerprint density at radius 2 is 2.12 bits per heavy atom. The Labute approximate surface area is 145 Å². The number of rotatable bonds is 5. The van der Waals surface area contributed by atoms with Gasteiger partial charge in [0.05, 0.1) is 12.7 Å². The van der Waals surface area contributed by atoms with E-state index in [1.807, 2.05) is 25.1 Å². The molecule has 3 nitrogen and oxygen atoms in total. The molecule has 0 aromatic heterocycles. The minimum atomic E-state index is 0.153. The molecule has 1 spiro atoms. The molecular weight excluding hydrogens is 298 g/mol. The van der Waals surface area contributed by atoms with Crippen LogP contribution in [0.4, 0.5) is 0 Å². The van der Waals surface area contributed by atoms with E-state index in [0.717, 1.165) is 13.1 Å². The highest BCUT2D eigenvalue weighted by Crippen LogP contribution is 2.82. The second-order valence-corrected chi connectivity index (χ2v) is 8.56. The highest BCUT2D eigenvalue weighted by molar-refractivity contribution is 5.70. The fraction of sp³-hybridized carbons (Fsp3) is 0.619. The standard InChI is InChI=1S/C21H29NO2/c1-6-7-11-24-14(2)12-22-13-21-17-15(9-8-10-16(17)23)20(21,5)19(3,4)18(21)22/h6-10,14,18,23H,11-13H2,1-5H3/b7-6+. The van der Waals surface area contributed by atoms with Gasteiger partial charge in [-0.1, -0.05) is 45.1 Å². The zero-order valence-electron chi connectivity index (χ0n) is 15.5. The number of likely N-dealkylation sites (tertiary alicyclic amines) is 1. The summed E-state index contributed by atoms with van der Waals surface area (Å²) in [5.74, 6) is 0.488. The lowest BCUT2D eigenvalue weighted by atomic mass is 9.22. The van der Waals surface area contributed by atoms with Crippen molar-refractivity contribution in [2.24, 2.45) is 5.41 Å². The number of phenols is 1. The van der Waals surface area contributed by atoms with E-state index < -0.39 is 0 Å². The molecule has 1 aromatic rings. The number of benzene rings is 1. The van der Waals surface area contributed by atoms with Gasteiger partial charge in [-0.2, -0.15) is 0 Å². The third-order valence-electron chi connectivity index (χ3n) is 7.38. The number of fused-ring (bicyclic) bond motifs is 2. The molecule has 1 N–H and O–H groups in total. The van der Waals surface area contributed by atoms with E-state index in [-0.39, 0.29) is 22.3 Å². The number of ether oxygens (including phenoxy) is 1. The molecule has 3 heteroatoms. The van der Waals surface area contributed by atoms with Crippen LogP contribution in [0.1, 0.15) is 45.7 Å². The van der Waals surface area contributed by atoms with E-state index in [9.17, 15) is 5.11 Å². The van der Waals surface area contributed by atoms with Gasteiger partial charge < -0.3 is 9.84 Å². The number of allylic oxidation sites excluding steroid dienone is 1. The maximum atomic E-state index is 10.4. The van der Waals surface area contributed by atoms with E-state index in [2.05, 4.69) is 44.7 Å². The molecule has 1 saturated carbocycles. The average molecular weight is 327 g/mol. The highest BCUT2D eigenvalue weighted by atomic mass is 16.5. The van der Waals surface area contributed by atoms with Crippen molar-refractivity contribution in [2.45, 2.75) is 57.6 Å². The normalized spacial score (nSPS) is 36.8. The summed E-state index contributed by atoms with van der Waals surface area (Å²) < 4.78 is 5.88. The smallest absolute Gasteiger partial charge is 0.119 e. The van der Waals surface area contributed by atoms with E-state index in [0.29, 0.717) is 18.4 Å². The molecule has 0 bridgehead atoms. The van der Waals surface area contributed by atoms with E-state index in [1.54, 1.807) is 0 Å². The summed E-state index contributed by atoms with van der Waals surface area (Å²) >= 11 is 0. The number of phenolic OH excluding ortho intramolecular Hbond substituents is 1. The summed E-state index contributed by atoms with van der Waals surface area (Å²) in [6.07, 6.45) is 4.31. The van der Waals surface area contributed by atoms with E-state index in [1.165, 1.54) is 11.1 Å². The molecule has 4 atom stereocenters. The van der Waals surface area contributed by atoms with Crippen molar-refractivity contribution >= 4 is 0 Å². The van der Waals surface area contributed by atoms with Crippen molar-refractivity contribution in [1.82, 2.24) is 4.90 Å². The van der Waals surface area contributed by atoms with Crippen LogP contribution in [0, 0.1) is 5.41 Å². The SMILES string of the molecule is C/C=C/COC(C)CN1CC23c4c(O)cccc4C2(C)C(C)(C)C13. The molecule has 0 amide bonds. The van der Waals surface area contributed by atoms with Gasteiger partial charge in [0.1, 0.15) is 5.75 Å². The predicted octanol–water partition coefficient (Wildman–Crippen LogP) is 3.61. The first kappa shape index (κ1) is 16.2. The van der Waals surface area contributed by atoms with Gasteiger partial charge in [0.2, 0.25) is 0 Å². The summed E-state index contributed by atoms with van der Waals surface area (Å²) in [5, 5.41) is 10.4. The first-order valence-electron chi connectivity index (χ1n) is 9.12. The highest BCUT2D eigenvalue weighted by Gasteiger charge is 2.87. The minimum absolute atomic E-state index is 0.153. The molecule has 4 rings (SSSR count). The van der Waals surface area contributed by atoms with Crippen LogP contribution in [0.2, 0.25) is 0 Å². The van der Waals surface area contributed by atoms with Gasteiger partial charge in [-0.25, -0.2) is 0 Å². The fourth-order valence-electron chi connectivity index (χ4n) is 6.26. The van der Waals surface area contributed by atoms with Crippen molar-refractivity contribution < 1.29 is 9.84 Å². The molecule has 2 aliphatic carbocycles. The third-order valence-corrected chi connectivity index (χ3v) is 7.38. The summed E-state index contributed by atoms with van der Waals surface area (Å²) in [4.78, 5) is 2.57. The summed E-state index contributed by atoms with van der Waals surface area (Å²) in [6.45, 7) is 14.0. The van der Waals surface area contributed by atoms with Crippen LogP contribution in [-0.4, -0.2) is 41.8 Å². The van der Waals surface area contributed by atoms with Gasteiger partial charge in [0, 0.05) is 35.5 Å². The number of nitrogens with zero attached hydrogens (tertiary/aromatic N) is 1. The number of hydrogen-bond acceptors (Lipinski definition) is 3. The maximum absolute atomic E-state index is 10.4. The van der Waals surface area contributed by atoms with Gasteiger partial charge >= 0.3 is 0 Å². The number of piperidine rings is 1. The van der Waals surface area contributed by atoms with Gasteiger partial charge in [-0.15, -0.1) is 0 Å². The van der Waals surface area contributed by atoms with E-state index in [4.69, 9.17) is 4.74 Å². The monoisotopic (exact) mass is 327 g/mol. The van der Waals surface area contributed by atoms with Crippen molar-refractivity contribution in [3.63, 3.8) is 0 Å². The molecule has 24 heavy (non-hydrogen) atoms. The minimum Gasteiger partial charge on any atom is -0.508 e. The Morgan fingerprint density at radius 1 is 1.38 bits per heavy atom. The fourth-order valence-corrected chi connectivity index (χ4v) is 6.26. The van der Waals surface area contributed by atoms with E-state index >= 15 is 0 Å². The Balaban J connectivity index is 1.56. The zero-order chi connectivity index (χ0) is 17.3. The van der Waals surface area contributed by atoms with Crippen LogP contribution in [-0.2, 0) is 15.6 Å². The third kappa shape index (κ3) is 1.52. The lowest BCUT2D eigenvalue weighted by Gasteiger charge is -2.88. The molecule has 3 aliphatic rings. The quantitative estimate of drug-likeness (QED) is 0.839. The summed E-state index contributed by atoms with van der Waals surface area (Å²) in [6, 6.07) is 6.55.